The molecule has 4 heteroatoms. The van der Waals surface area contributed by atoms with E-state index in [-0.39, 0.29) is 29.5 Å². The SMILES string of the molecule is C=C1CC(O)C[C@]2(C)C[C@H]3OC(=O)C(CN4CCCC4)[C@H]3C[C@@H]12. The number of hydrogen-bond donors (Lipinski definition) is 1. The van der Waals surface area contributed by atoms with Gasteiger partial charge in [0.15, 0.2) is 0 Å². The molecule has 2 unspecified atom stereocenters. The molecule has 0 bridgehead atoms. The van der Waals surface area contributed by atoms with Crippen molar-refractivity contribution >= 4 is 5.97 Å². The quantitative estimate of drug-likeness (QED) is 0.627. The van der Waals surface area contributed by atoms with Crippen molar-refractivity contribution in [3.8, 4) is 0 Å². The van der Waals surface area contributed by atoms with E-state index in [0.29, 0.717) is 11.8 Å². The van der Waals surface area contributed by atoms with Gasteiger partial charge in [0.05, 0.1) is 12.0 Å². The zero-order chi connectivity index (χ0) is 16.2. The number of aliphatic hydroxyl groups is 1. The molecule has 0 amide bonds. The number of ether oxygens (including phenoxy) is 1. The smallest absolute Gasteiger partial charge is 0.310 e. The van der Waals surface area contributed by atoms with Gasteiger partial charge in [0.25, 0.3) is 0 Å². The Morgan fingerprint density at radius 1 is 1.35 bits per heavy atom. The van der Waals surface area contributed by atoms with Crippen LogP contribution in [0.25, 0.3) is 0 Å². The molecule has 2 saturated carbocycles. The summed E-state index contributed by atoms with van der Waals surface area (Å²) in [6, 6.07) is 0. The Morgan fingerprint density at radius 2 is 2.09 bits per heavy atom. The zero-order valence-electron chi connectivity index (χ0n) is 14.2. The molecule has 4 aliphatic rings. The Labute approximate surface area is 138 Å². The van der Waals surface area contributed by atoms with Crippen LogP contribution in [0.3, 0.4) is 0 Å². The monoisotopic (exact) mass is 319 g/mol. The van der Waals surface area contributed by atoms with Crippen LogP contribution < -0.4 is 0 Å². The minimum atomic E-state index is -0.280. The second-order valence-electron chi connectivity index (χ2n) is 8.62. The average Bonchev–Trinajstić information content (AvgIpc) is 3.05. The topological polar surface area (TPSA) is 49.8 Å². The number of carbonyl (C=O) groups excluding carboxylic acids is 1. The van der Waals surface area contributed by atoms with Gasteiger partial charge in [-0.3, -0.25) is 4.79 Å². The van der Waals surface area contributed by atoms with Crippen molar-refractivity contribution in [3.63, 3.8) is 0 Å². The van der Waals surface area contributed by atoms with Gasteiger partial charge in [-0.15, -0.1) is 0 Å². The minimum Gasteiger partial charge on any atom is -0.462 e. The second kappa shape index (κ2) is 5.59. The fourth-order valence-corrected chi connectivity index (χ4v) is 5.82. The number of likely N-dealkylation sites (tertiary alicyclic amines) is 1. The summed E-state index contributed by atoms with van der Waals surface area (Å²) in [5.74, 6) is 0.832. The fourth-order valence-electron chi connectivity index (χ4n) is 5.82. The summed E-state index contributed by atoms with van der Waals surface area (Å²) in [6.45, 7) is 9.64. The molecule has 0 aromatic heterocycles. The van der Waals surface area contributed by atoms with E-state index in [2.05, 4.69) is 18.4 Å². The lowest BCUT2D eigenvalue weighted by molar-refractivity contribution is -0.146. The van der Waals surface area contributed by atoms with Gasteiger partial charge in [-0.25, -0.2) is 0 Å². The lowest BCUT2D eigenvalue weighted by Crippen LogP contribution is -2.48. The number of rotatable bonds is 2. The van der Waals surface area contributed by atoms with E-state index in [4.69, 9.17) is 4.74 Å². The molecule has 0 radical (unpaired) electrons. The predicted octanol–water partition coefficient (Wildman–Crippen LogP) is 2.37. The van der Waals surface area contributed by atoms with Crippen molar-refractivity contribution in [2.45, 2.75) is 57.7 Å². The first kappa shape index (κ1) is 15.6. The molecule has 6 atom stereocenters. The maximum absolute atomic E-state index is 12.5. The summed E-state index contributed by atoms with van der Waals surface area (Å²) >= 11 is 0. The van der Waals surface area contributed by atoms with Crippen molar-refractivity contribution in [2.24, 2.45) is 23.2 Å². The highest BCUT2D eigenvalue weighted by Crippen LogP contribution is 2.57. The molecule has 2 saturated heterocycles. The van der Waals surface area contributed by atoms with Crippen LogP contribution in [0.1, 0.15) is 45.4 Å². The molecule has 2 aliphatic carbocycles. The first-order chi connectivity index (χ1) is 11.0. The van der Waals surface area contributed by atoms with Crippen LogP contribution >= 0.6 is 0 Å². The molecule has 4 fully saturated rings. The Hall–Kier alpha value is -0.870. The molecular weight excluding hydrogens is 290 g/mol. The first-order valence-electron chi connectivity index (χ1n) is 9.25. The van der Waals surface area contributed by atoms with Gasteiger partial charge in [0, 0.05) is 12.5 Å². The number of aliphatic hydroxyl groups excluding tert-OH is 1. The van der Waals surface area contributed by atoms with E-state index < -0.39 is 0 Å². The van der Waals surface area contributed by atoms with E-state index >= 15 is 0 Å². The molecule has 4 nitrogen and oxygen atoms in total. The highest BCUT2D eigenvalue weighted by Gasteiger charge is 2.56. The summed E-state index contributed by atoms with van der Waals surface area (Å²) < 4.78 is 5.80. The van der Waals surface area contributed by atoms with Crippen molar-refractivity contribution in [1.82, 2.24) is 4.90 Å². The van der Waals surface area contributed by atoms with Gasteiger partial charge < -0.3 is 14.7 Å². The van der Waals surface area contributed by atoms with Crippen molar-refractivity contribution < 1.29 is 14.6 Å². The Balaban J connectivity index is 1.53. The summed E-state index contributed by atoms with van der Waals surface area (Å²) in [6.07, 6.45) is 5.72. The third-order valence-electron chi connectivity index (χ3n) is 6.93. The van der Waals surface area contributed by atoms with Gasteiger partial charge in [0.2, 0.25) is 0 Å². The van der Waals surface area contributed by atoms with Gasteiger partial charge in [-0.05, 0) is 62.9 Å². The third kappa shape index (κ3) is 2.64. The lowest BCUT2D eigenvalue weighted by Gasteiger charge is -2.51. The highest BCUT2D eigenvalue weighted by molar-refractivity contribution is 5.75. The van der Waals surface area contributed by atoms with E-state index in [1.807, 2.05) is 0 Å². The molecule has 4 rings (SSSR count). The number of esters is 1. The number of hydrogen-bond acceptors (Lipinski definition) is 4. The van der Waals surface area contributed by atoms with E-state index in [1.165, 1.54) is 18.4 Å². The zero-order valence-corrected chi connectivity index (χ0v) is 14.2. The summed E-state index contributed by atoms with van der Waals surface area (Å²) in [4.78, 5) is 14.9. The normalized spacial score (nSPS) is 47.3. The molecule has 23 heavy (non-hydrogen) atoms. The van der Waals surface area contributed by atoms with Crippen molar-refractivity contribution in [1.29, 1.82) is 0 Å². The summed E-state index contributed by atoms with van der Waals surface area (Å²) in [5.41, 5.74) is 1.22. The van der Waals surface area contributed by atoms with E-state index in [0.717, 1.165) is 45.3 Å². The summed E-state index contributed by atoms with van der Waals surface area (Å²) in [5, 5.41) is 10.1. The summed E-state index contributed by atoms with van der Waals surface area (Å²) in [7, 11) is 0. The molecule has 0 spiro atoms. The Kier molecular flexibility index (Phi) is 3.80. The fraction of sp³-hybridized carbons (Fsp3) is 0.842. The predicted molar refractivity (Wildman–Crippen MR) is 87.7 cm³/mol. The average molecular weight is 319 g/mol. The maximum Gasteiger partial charge on any atom is 0.310 e. The number of nitrogens with zero attached hydrogens (tertiary/aromatic N) is 1. The number of carbonyl (C=O) groups is 1. The van der Waals surface area contributed by atoms with Gasteiger partial charge in [-0.2, -0.15) is 0 Å². The standard InChI is InChI=1S/C19H29NO3/c1-12-7-13(21)9-19(2)10-17-14(8-16(12)19)15(18(22)23-17)11-20-5-3-4-6-20/h13-17,21H,1,3-11H2,2H3/t13?,14-,15?,16+,17-,19-/m1/s1. The van der Waals surface area contributed by atoms with E-state index in [9.17, 15) is 9.90 Å². The van der Waals surface area contributed by atoms with Crippen molar-refractivity contribution in [2.75, 3.05) is 19.6 Å². The molecular formula is C19H29NO3. The molecule has 0 aromatic rings. The van der Waals surface area contributed by atoms with Crippen LogP contribution in [0.15, 0.2) is 12.2 Å². The van der Waals surface area contributed by atoms with E-state index in [1.54, 1.807) is 0 Å². The largest absolute Gasteiger partial charge is 0.462 e. The van der Waals surface area contributed by atoms with Gasteiger partial charge in [0.1, 0.15) is 6.10 Å². The first-order valence-corrected chi connectivity index (χ1v) is 9.25. The van der Waals surface area contributed by atoms with Crippen molar-refractivity contribution in [3.05, 3.63) is 12.2 Å². The number of fused-ring (bicyclic) bond motifs is 2. The van der Waals surface area contributed by atoms with Crippen LogP contribution in [0.4, 0.5) is 0 Å². The second-order valence-corrected chi connectivity index (χ2v) is 8.62. The van der Waals surface area contributed by atoms with Crippen LogP contribution in [0, 0.1) is 23.2 Å². The molecule has 2 heterocycles. The highest BCUT2D eigenvalue weighted by atomic mass is 16.6. The van der Waals surface area contributed by atoms with Crippen LogP contribution in [-0.4, -0.2) is 47.8 Å². The Morgan fingerprint density at radius 3 is 2.83 bits per heavy atom. The molecule has 2 aliphatic heterocycles. The van der Waals surface area contributed by atoms with Crippen LogP contribution in [-0.2, 0) is 9.53 Å². The third-order valence-corrected chi connectivity index (χ3v) is 6.93. The molecule has 128 valence electrons. The van der Waals surface area contributed by atoms with Gasteiger partial charge in [-0.1, -0.05) is 19.1 Å². The van der Waals surface area contributed by atoms with Gasteiger partial charge >= 0.3 is 5.97 Å². The maximum atomic E-state index is 12.5. The minimum absolute atomic E-state index is 0.0142. The lowest BCUT2D eigenvalue weighted by atomic mass is 9.54. The molecule has 1 N–H and O–H groups in total. The van der Waals surface area contributed by atoms with Crippen LogP contribution in [0.2, 0.25) is 0 Å². The molecule has 0 aromatic carbocycles. The van der Waals surface area contributed by atoms with Crippen LogP contribution in [0.5, 0.6) is 0 Å². The Bertz CT molecular complexity index is 513.